The summed E-state index contributed by atoms with van der Waals surface area (Å²) in [6.45, 7) is 1.80. The molecule has 0 saturated heterocycles. The molecule has 0 saturated carbocycles. The van der Waals surface area contributed by atoms with Crippen LogP contribution in [0, 0.1) is 10.5 Å². The number of aromatic amines is 1. The highest BCUT2D eigenvalue weighted by atomic mass is 127. The molecule has 1 aromatic rings. The van der Waals surface area contributed by atoms with Gasteiger partial charge < -0.3 is 4.98 Å². The average molecular weight is 236 g/mol. The highest BCUT2D eigenvalue weighted by molar-refractivity contribution is 14.1. The van der Waals surface area contributed by atoms with Gasteiger partial charge in [-0.25, -0.2) is 4.98 Å². The van der Waals surface area contributed by atoms with E-state index in [2.05, 4.69) is 9.97 Å². The number of rotatable bonds is 0. The summed E-state index contributed by atoms with van der Waals surface area (Å²) in [5.74, 6) is 0. The van der Waals surface area contributed by atoms with Gasteiger partial charge in [-0.15, -0.1) is 0 Å². The molecule has 4 heteroatoms. The Kier molecular flexibility index (Phi) is 1.84. The molecule has 0 unspecified atom stereocenters. The Morgan fingerprint density at radius 1 is 1.78 bits per heavy atom. The first-order chi connectivity index (χ1) is 4.22. The zero-order chi connectivity index (χ0) is 6.85. The summed E-state index contributed by atoms with van der Waals surface area (Å²) in [6.07, 6.45) is 1.40. The molecule has 0 bridgehead atoms. The van der Waals surface area contributed by atoms with Crippen LogP contribution in [0.5, 0.6) is 0 Å². The highest BCUT2D eigenvalue weighted by Crippen LogP contribution is 1.98. The van der Waals surface area contributed by atoms with E-state index < -0.39 is 0 Å². The van der Waals surface area contributed by atoms with E-state index in [0.717, 1.165) is 5.69 Å². The Morgan fingerprint density at radius 3 is 2.89 bits per heavy atom. The topological polar surface area (TPSA) is 45.8 Å². The first-order valence-corrected chi connectivity index (χ1v) is 3.49. The Bertz CT molecular complexity index is 268. The molecule has 0 aromatic carbocycles. The van der Waals surface area contributed by atoms with Crippen molar-refractivity contribution in [1.29, 1.82) is 0 Å². The van der Waals surface area contributed by atoms with Gasteiger partial charge in [-0.2, -0.15) is 0 Å². The van der Waals surface area contributed by atoms with Crippen LogP contribution in [-0.4, -0.2) is 9.97 Å². The number of hydrogen-bond donors (Lipinski definition) is 1. The summed E-state index contributed by atoms with van der Waals surface area (Å²) in [5, 5.41) is 0. The van der Waals surface area contributed by atoms with Gasteiger partial charge in [0, 0.05) is 0 Å². The van der Waals surface area contributed by atoms with Crippen LogP contribution in [0.25, 0.3) is 0 Å². The lowest BCUT2D eigenvalue weighted by atomic mass is 10.5. The Balaban J connectivity index is 3.43. The molecule has 0 atom stereocenters. The zero-order valence-corrected chi connectivity index (χ0v) is 6.97. The van der Waals surface area contributed by atoms with Crippen molar-refractivity contribution in [2.75, 3.05) is 0 Å². The monoisotopic (exact) mass is 236 g/mol. The zero-order valence-electron chi connectivity index (χ0n) is 4.81. The van der Waals surface area contributed by atoms with Gasteiger partial charge >= 0.3 is 0 Å². The van der Waals surface area contributed by atoms with Gasteiger partial charge in [0.1, 0.15) is 0 Å². The second-order valence-corrected chi connectivity index (χ2v) is 2.71. The van der Waals surface area contributed by atoms with Crippen LogP contribution in [0.4, 0.5) is 0 Å². The van der Waals surface area contributed by atoms with E-state index >= 15 is 0 Å². The maximum Gasteiger partial charge on any atom is 0.264 e. The molecule has 0 fully saturated rings. The van der Waals surface area contributed by atoms with Gasteiger partial charge in [0.05, 0.1) is 15.6 Å². The number of halogens is 1. The van der Waals surface area contributed by atoms with Crippen molar-refractivity contribution in [2.24, 2.45) is 0 Å². The lowest BCUT2D eigenvalue weighted by Gasteiger charge is -1.90. The van der Waals surface area contributed by atoms with Gasteiger partial charge in [-0.1, -0.05) is 0 Å². The fourth-order valence-corrected chi connectivity index (χ4v) is 0.767. The van der Waals surface area contributed by atoms with E-state index in [0.29, 0.717) is 3.57 Å². The molecule has 1 aromatic heterocycles. The molecule has 3 nitrogen and oxygen atoms in total. The Morgan fingerprint density at radius 2 is 2.44 bits per heavy atom. The standard InChI is InChI=1S/C5H5IN2O/c1-3-4(6)5(9)8-2-7-3/h2H,1H3,(H,7,8,9). The van der Waals surface area contributed by atoms with E-state index in [1.165, 1.54) is 6.33 Å². The number of H-pyrrole nitrogens is 1. The minimum Gasteiger partial charge on any atom is -0.312 e. The third-order valence-corrected chi connectivity index (χ3v) is 2.24. The lowest BCUT2D eigenvalue weighted by Crippen LogP contribution is -2.11. The van der Waals surface area contributed by atoms with E-state index in [9.17, 15) is 4.79 Å². The van der Waals surface area contributed by atoms with Crippen LogP contribution >= 0.6 is 22.6 Å². The third-order valence-electron chi connectivity index (χ3n) is 0.971. The summed E-state index contributed by atoms with van der Waals surface area (Å²) in [4.78, 5) is 17.1. The maximum absolute atomic E-state index is 10.7. The summed E-state index contributed by atoms with van der Waals surface area (Å²) >= 11 is 1.96. The SMILES string of the molecule is Cc1nc[nH]c(=O)c1I. The number of nitrogens with one attached hydrogen (secondary N) is 1. The van der Waals surface area contributed by atoms with Crippen LogP contribution in [-0.2, 0) is 0 Å². The molecule has 0 radical (unpaired) electrons. The molecule has 9 heavy (non-hydrogen) atoms. The fraction of sp³-hybridized carbons (Fsp3) is 0.200. The van der Waals surface area contributed by atoms with Crippen molar-refractivity contribution >= 4 is 22.6 Å². The molecule has 0 aliphatic rings. The van der Waals surface area contributed by atoms with Gasteiger partial charge in [0.25, 0.3) is 5.56 Å². The first kappa shape index (κ1) is 6.73. The third kappa shape index (κ3) is 1.29. The van der Waals surface area contributed by atoms with E-state index in [1.807, 2.05) is 22.6 Å². The van der Waals surface area contributed by atoms with Crippen LogP contribution in [0.2, 0.25) is 0 Å². The smallest absolute Gasteiger partial charge is 0.264 e. The van der Waals surface area contributed by atoms with Gasteiger partial charge in [0.2, 0.25) is 0 Å². The van der Waals surface area contributed by atoms with Crippen LogP contribution in [0.3, 0.4) is 0 Å². The molecular weight excluding hydrogens is 231 g/mol. The van der Waals surface area contributed by atoms with Gasteiger partial charge in [-0.3, -0.25) is 4.79 Å². The average Bonchev–Trinajstić information content (AvgIpc) is 1.83. The van der Waals surface area contributed by atoms with Crippen molar-refractivity contribution in [3.05, 3.63) is 25.9 Å². The van der Waals surface area contributed by atoms with Crippen molar-refractivity contribution in [2.45, 2.75) is 6.92 Å². The molecule has 0 aliphatic heterocycles. The molecule has 1 heterocycles. The summed E-state index contributed by atoms with van der Waals surface area (Å²) < 4.78 is 0.662. The summed E-state index contributed by atoms with van der Waals surface area (Å²) in [5.41, 5.74) is 0.711. The second-order valence-electron chi connectivity index (χ2n) is 1.63. The number of aromatic nitrogens is 2. The minimum absolute atomic E-state index is 0.0666. The number of nitrogens with zero attached hydrogens (tertiary/aromatic N) is 1. The number of aryl methyl sites for hydroxylation is 1. The van der Waals surface area contributed by atoms with Crippen molar-refractivity contribution in [1.82, 2.24) is 9.97 Å². The Hall–Kier alpha value is -0.390. The molecule has 1 N–H and O–H groups in total. The van der Waals surface area contributed by atoms with E-state index in [4.69, 9.17) is 0 Å². The van der Waals surface area contributed by atoms with Gasteiger partial charge in [0.15, 0.2) is 0 Å². The quantitative estimate of drug-likeness (QED) is 0.673. The van der Waals surface area contributed by atoms with Crippen LogP contribution in [0.15, 0.2) is 11.1 Å². The molecule has 0 amide bonds. The van der Waals surface area contributed by atoms with E-state index in [1.54, 1.807) is 6.92 Å². The van der Waals surface area contributed by atoms with Crippen LogP contribution in [0.1, 0.15) is 5.69 Å². The largest absolute Gasteiger partial charge is 0.312 e. The second kappa shape index (κ2) is 2.47. The molecule has 1 rings (SSSR count). The molecular formula is C5H5IN2O. The normalized spacial score (nSPS) is 9.56. The van der Waals surface area contributed by atoms with Crippen molar-refractivity contribution in [3.63, 3.8) is 0 Å². The van der Waals surface area contributed by atoms with Crippen molar-refractivity contribution < 1.29 is 0 Å². The molecule has 48 valence electrons. The summed E-state index contributed by atoms with van der Waals surface area (Å²) in [6, 6.07) is 0. The summed E-state index contributed by atoms with van der Waals surface area (Å²) in [7, 11) is 0. The Labute approximate surface area is 65.7 Å². The highest BCUT2D eigenvalue weighted by Gasteiger charge is 1.96. The maximum atomic E-state index is 10.7. The minimum atomic E-state index is -0.0666. The predicted molar refractivity (Wildman–Crippen MR) is 42.3 cm³/mol. The lowest BCUT2D eigenvalue weighted by molar-refractivity contribution is 1.04. The molecule has 0 spiro atoms. The molecule has 0 aliphatic carbocycles. The van der Waals surface area contributed by atoms with E-state index in [-0.39, 0.29) is 5.56 Å². The van der Waals surface area contributed by atoms with Crippen LogP contribution < -0.4 is 5.56 Å². The van der Waals surface area contributed by atoms with Crippen molar-refractivity contribution in [3.8, 4) is 0 Å². The predicted octanol–water partition coefficient (Wildman–Crippen LogP) is 0.683. The first-order valence-electron chi connectivity index (χ1n) is 2.41. The fourth-order valence-electron chi connectivity index (χ4n) is 0.472. The number of hydrogen-bond acceptors (Lipinski definition) is 2. The van der Waals surface area contributed by atoms with Gasteiger partial charge in [-0.05, 0) is 29.5 Å².